The zero-order valence-corrected chi connectivity index (χ0v) is 12.7. The molecule has 0 atom stereocenters. The average molecular weight is 322 g/mol. The summed E-state index contributed by atoms with van der Waals surface area (Å²) < 4.78 is 13.5. The first-order valence-electron chi connectivity index (χ1n) is 6.24. The van der Waals surface area contributed by atoms with E-state index in [1.807, 2.05) is 0 Å². The second-order valence-electron chi connectivity index (χ2n) is 4.41. The van der Waals surface area contributed by atoms with Gasteiger partial charge in [0.2, 0.25) is 0 Å². The topological polar surface area (TPSA) is 63.0 Å². The summed E-state index contributed by atoms with van der Waals surface area (Å²) in [6.07, 6.45) is 3.86. The number of nitrogens with zero attached hydrogens (tertiary/aromatic N) is 5. The largest absolute Gasteiger partial charge is 0.369 e. The van der Waals surface area contributed by atoms with Gasteiger partial charge in [-0.2, -0.15) is 9.97 Å². The summed E-state index contributed by atoms with van der Waals surface area (Å²) in [5.41, 5.74) is 0.789. The zero-order chi connectivity index (χ0) is 15.9. The molecule has 1 heterocycles. The van der Waals surface area contributed by atoms with Crippen molar-refractivity contribution in [2.75, 3.05) is 14.1 Å². The van der Waals surface area contributed by atoms with E-state index >= 15 is 0 Å². The van der Waals surface area contributed by atoms with Crippen LogP contribution < -0.4 is 4.84 Å². The maximum absolute atomic E-state index is 13.5. The monoisotopic (exact) mass is 321 g/mol. The van der Waals surface area contributed by atoms with Gasteiger partial charge in [0.1, 0.15) is 0 Å². The Labute approximate surface area is 131 Å². The van der Waals surface area contributed by atoms with Crippen LogP contribution in [0.2, 0.25) is 5.02 Å². The molecule has 2 aromatic rings. The molecule has 1 aromatic heterocycles. The number of oxime groups is 1. The Morgan fingerprint density at radius 2 is 2.00 bits per heavy atom. The first-order valence-corrected chi connectivity index (χ1v) is 6.61. The highest BCUT2D eigenvalue weighted by Gasteiger charge is 2.06. The molecule has 0 aliphatic carbocycles. The Morgan fingerprint density at radius 1 is 1.27 bits per heavy atom. The zero-order valence-electron chi connectivity index (χ0n) is 11.9. The molecular weight excluding hydrogens is 309 g/mol. The molecule has 22 heavy (non-hydrogen) atoms. The lowest BCUT2D eigenvalue weighted by Crippen LogP contribution is -2.07. The molecule has 2 rings (SSSR count). The molecule has 0 spiro atoms. The van der Waals surface area contributed by atoms with E-state index in [-0.39, 0.29) is 11.8 Å². The molecule has 0 bridgehead atoms. The van der Waals surface area contributed by atoms with Crippen LogP contribution in [0, 0.1) is 5.82 Å². The number of aromatic nitrogens is 2. The van der Waals surface area contributed by atoms with E-state index in [1.54, 1.807) is 43.3 Å². The molecule has 0 aliphatic heterocycles. The van der Waals surface area contributed by atoms with E-state index in [1.165, 1.54) is 12.6 Å². The highest BCUT2D eigenvalue weighted by molar-refractivity contribution is 6.30. The maximum Gasteiger partial charge on any atom is 0.347 e. The van der Waals surface area contributed by atoms with E-state index in [4.69, 9.17) is 16.4 Å². The molecule has 0 aliphatic rings. The van der Waals surface area contributed by atoms with Gasteiger partial charge in [-0.1, -0.05) is 28.9 Å². The van der Waals surface area contributed by atoms with Crippen molar-refractivity contribution in [3.05, 3.63) is 46.9 Å². The Balaban J connectivity index is 2.06. The highest BCUT2D eigenvalue weighted by atomic mass is 35.5. The molecular formula is C14H13ClFN5O. The summed E-state index contributed by atoms with van der Waals surface area (Å²) in [4.78, 5) is 18.0. The SMILES string of the molecule is CN(C)C=Nc1nc(ON=Cc2ccc(Cl)cc2)ncc1F. The van der Waals surface area contributed by atoms with Crippen LogP contribution in [0.4, 0.5) is 10.2 Å². The van der Waals surface area contributed by atoms with Gasteiger partial charge >= 0.3 is 6.01 Å². The van der Waals surface area contributed by atoms with Gasteiger partial charge in [0.05, 0.1) is 18.7 Å². The predicted octanol–water partition coefficient (Wildman–Crippen LogP) is 2.90. The third-order valence-electron chi connectivity index (χ3n) is 2.32. The number of rotatable bonds is 5. The predicted molar refractivity (Wildman–Crippen MR) is 83.5 cm³/mol. The molecule has 0 unspecified atom stereocenters. The van der Waals surface area contributed by atoms with E-state index in [2.05, 4.69) is 20.1 Å². The minimum absolute atomic E-state index is 0.0995. The number of aliphatic imine (C=N–C) groups is 1. The van der Waals surface area contributed by atoms with Crippen molar-refractivity contribution in [1.82, 2.24) is 14.9 Å². The molecule has 0 amide bonds. The van der Waals surface area contributed by atoms with Gasteiger partial charge in [0.15, 0.2) is 11.6 Å². The summed E-state index contributed by atoms with van der Waals surface area (Å²) in [5.74, 6) is -0.771. The van der Waals surface area contributed by atoms with Crippen LogP contribution in [0.25, 0.3) is 0 Å². The lowest BCUT2D eigenvalue weighted by atomic mass is 10.2. The van der Waals surface area contributed by atoms with Gasteiger partial charge in [-0.05, 0) is 17.7 Å². The number of hydrogen-bond acceptors (Lipinski definition) is 5. The molecule has 114 valence electrons. The van der Waals surface area contributed by atoms with Crippen molar-refractivity contribution in [3.8, 4) is 6.01 Å². The van der Waals surface area contributed by atoms with Crippen molar-refractivity contribution in [1.29, 1.82) is 0 Å². The van der Waals surface area contributed by atoms with E-state index in [0.29, 0.717) is 5.02 Å². The second kappa shape index (κ2) is 7.46. The maximum atomic E-state index is 13.5. The molecule has 0 N–H and O–H groups in total. The van der Waals surface area contributed by atoms with E-state index < -0.39 is 5.82 Å². The van der Waals surface area contributed by atoms with Gasteiger partial charge in [-0.15, -0.1) is 0 Å². The minimum Gasteiger partial charge on any atom is -0.369 e. The Kier molecular flexibility index (Phi) is 5.37. The van der Waals surface area contributed by atoms with Gasteiger partial charge < -0.3 is 9.74 Å². The molecule has 0 saturated carbocycles. The summed E-state index contributed by atoms with van der Waals surface area (Å²) >= 11 is 5.78. The van der Waals surface area contributed by atoms with E-state index in [0.717, 1.165) is 11.8 Å². The van der Waals surface area contributed by atoms with Crippen molar-refractivity contribution in [3.63, 3.8) is 0 Å². The minimum atomic E-state index is -0.646. The quantitative estimate of drug-likeness (QED) is 0.482. The Morgan fingerprint density at radius 3 is 2.68 bits per heavy atom. The first-order chi connectivity index (χ1) is 10.5. The third kappa shape index (κ3) is 4.78. The van der Waals surface area contributed by atoms with Crippen LogP contribution in [-0.4, -0.2) is 41.5 Å². The van der Waals surface area contributed by atoms with Crippen LogP contribution in [0.5, 0.6) is 6.01 Å². The molecule has 0 saturated heterocycles. The Hall–Kier alpha value is -2.54. The molecule has 0 radical (unpaired) electrons. The fourth-order valence-electron chi connectivity index (χ4n) is 1.33. The number of hydrogen-bond donors (Lipinski definition) is 0. The van der Waals surface area contributed by atoms with Crippen molar-refractivity contribution >= 4 is 30.0 Å². The molecule has 8 heteroatoms. The molecule has 1 aromatic carbocycles. The normalized spacial score (nSPS) is 11.3. The van der Waals surface area contributed by atoms with Crippen LogP contribution in [0.1, 0.15) is 5.56 Å². The van der Waals surface area contributed by atoms with Crippen LogP contribution >= 0.6 is 11.6 Å². The van der Waals surface area contributed by atoms with Gasteiger partial charge in [0.25, 0.3) is 0 Å². The summed E-state index contributed by atoms with van der Waals surface area (Å²) in [7, 11) is 3.52. The van der Waals surface area contributed by atoms with Crippen molar-refractivity contribution < 1.29 is 9.23 Å². The lowest BCUT2D eigenvalue weighted by molar-refractivity contribution is 0.313. The van der Waals surface area contributed by atoms with Gasteiger partial charge in [-0.25, -0.2) is 9.38 Å². The molecule has 6 nitrogen and oxygen atoms in total. The summed E-state index contributed by atoms with van der Waals surface area (Å²) in [5, 5.41) is 4.36. The summed E-state index contributed by atoms with van der Waals surface area (Å²) in [6, 6.07) is 6.90. The lowest BCUT2D eigenvalue weighted by Gasteiger charge is -2.03. The Bertz CT molecular complexity index is 688. The van der Waals surface area contributed by atoms with Crippen molar-refractivity contribution in [2.45, 2.75) is 0 Å². The first kappa shape index (κ1) is 15.8. The molecule has 0 fully saturated rings. The third-order valence-corrected chi connectivity index (χ3v) is 2.57. The van der Waals surface area contributed by atoms with Crippen LogP contribution in [-0.2, 0) is 0 Å². The van der Waals surface area contributed by atoms with Gasteiger partial charge in [0, 0.05) is 19.1 Å². The number of halogens is 2. The highest BCUT2D eigenvalue weighted by Crippen LogP contribution is 2.16. The fourth-order valence-corrected chi connectivity index (χ4v) is 1.46. The van der Waals surface area contributed by atoms with Crippen LogP contribution in [0.3, 0.4) is 0 Å². The number of benzene rings is 1. The fraction of sp³-hybridized carbons (Fsp3) is 0.143. The second-order valence-corrected chi connectivity index (χ2v) is 4.85. The van der Waals surface area contributed by atoms with E-state index in [9.17, 15) is 4.39 Å². The van der Waals surface area contributed by atoms with Gasteiger partial charge in [-0.3, -0.25) is 0 Å². The standard InChI is InChI=1S/C14H13ClFN5O/c1-21(2)9-18-13-12(16)8-17-14(20-13)22-19-7-10-3-5-11(15)6-4-10/h3-9H,1-2H3. The smallest absolute Gasteiger partial charge is 0.347 e. The van der Waals surface area contributed by atoms with Crippen LogP contribution in [0.15, 0.2) is 40.6 Å². The average Bonchev–Trinajstić information content (AvgIpc) is 2.49. The van der Waals surface area contributed by atoms with Crippen molar-refractivity contribution in [2.24, 2.45) is 10.1 Å². The summed E-state index contributed by atoms with van der Waals surface area (Å²) in [6.45, 7) is 0.